The van der Waals surface area contributed by atoms with E-state index in [0.29, 0.717) is 12.2 Å². The number of anilines is 1. The predicted molar refractivity (Wildman–Crippen MR) is 79.2 cm³/mol. The molecule has 5 nitrogen and oxygen atoms in total. The van der Waals surface area contributed by atoms with Crippen molar-refractivity contribution in [3.63, 3.8) is 0 Å². The topological polar surface area (TPSA) is 78.4 Å². The van der Waals surface area contributed by atoms with Crippen LogP contribution in [0.1, 0.15) is 20.3 Å². The number of nitrogens with two attached hydrogens (primary N) is 1. The molecular formula is C13H15BrN2O3. The van der Waals surface area contributed by atoms with Gasteiger partial charge in [0.15, 0.2) is 0 Å². The Hall–Kier alpha value is -1.82. The Kier molecular flexibility index (Phi) is 5.57. The average molecular weight is 327 g/mol. The van der Waals surface area contributed by atoms with Gasteiger partial charge in [0.2, 0.25) is 5.75 Å². The molecule has 0 amide bonds. The van der Waals surface area contributed by atoms with Crippen LogP contribution in [0.25, 0.3) is 0 Å². The third-order valence-electron chi connectivity index (χ3n) is 2.30. The first-order valence-corrected chi connectivity index (χ1v) is 6.48. The highest BCUT2D eigenvalue weighted by Gasteiger charge is 2.19. The molecule has 0 heterocycles. The van der Waals surface area contributed by atoms with Crippen molar-refractivity contribution in [3.8, 4) is 5.75 Å². The zero-order valence-electron chi connectivity index (χ0n) is 10.7. The Bertz CT molecular complexity index is 535. The molecule has 2 N–H and O–H groups in total. The van der Waals surface area contributed by atoms with E-state index in [1.54, 1.807) is 12.1 Å². The number of rotatable bonds is 5. The van der Waals surface area contributed by atoms with Crippen LogP contribution < -0.4 is 10.5 Å². The lowest BCUT2D eigenvalue weighted by molar-refractivity contribution is -0.384. The normalized spacial score (nSPS) is 12.4. The smallest absolute Gasteiger partial charge is 0.334 e. The van der Waals surface area contributed by atoms with Crippen LogP contribution in [0, 0.1) is 10.1 Å². The summed E-state index contributed by atoms with van der Waals surface area (Å²) in [5.74, 6) is 0.770. The summed E-state index contributed by atoms with van der Waals surface area (Å²) in [4.78, 5) is 10.4. The second-order valence-electron chi connectivity index (χ2n) is 3.79. The standard InChI is InChI=1S/C13H15BrN2O3/c1-3-10(8-7-9(2)14)19-12-6-4-5-11(15)13(12)16(17)18/h4-8H,3,15H2,1-2H3/b9-7+,10-8+. The molecule has 1 aromatic rings. The molecule has 6 heteroatoms. The quantitative estimate of drug-likeness (QED) is 0.290. The number of halogens is 1. The van der Waals surface area contributed by atoms with Gasteiger partial charge >= 0.3 is 5.69 Å². The van der Waals surface area contributed by atoms with E-state index in [9.17, 15) is 10.1 Å². The van der Waals surface area contributed by atoms with Gasteiger partial charge in [0.05, 0.1) is 4.92 Å². The largest absolute Gasteiger partial charge is 0.454 e. The van der Waals surface area contributed by atoms with Crippen molar-refractivity contribution in [2.24, 2.45) is 0 Å². The van der Waals surface area contributed by atoms with Gasteiger partial charge in [-0.3, -0.25) is 10.1 Å². The van der Waals surface area contributed by atoms with Crippen LogP contribution in [-0.4, -0.2) is 4.92 Å². The number of nitro benzene ring substituents is 1. The van der Waals surface area contributed by atoms with Gasteiger partial charge in [0.25, 0.3) is 0 Å². The fraction of sp³-hybridized carbons (Fsp3) is 0.231. The zero-order valence-corrected chi connectivity index (χ0v) is 12.3. The van der Waals surface area contributed by atoms with E-state index in [1.807, 2.05) is 19.9 Å². The minimum atomic E-state index is -0.538. The lowest BCUT2D eigenvalue weighted by Gasteiger charge is -2.09. The van der Waals surface area contributed by atoms with Crippen LogP contribution in [0.2, 0.25) is 0 Å². The molecule has 0 aliphatic rings. The molecule has 0 spiro atoms. The van der Waals surface area contributed by atoms with Crippen LogP contribution in [0.4, 0.5) is 11.4 Å². The third-order valence-corrected chi connectivity index (χ3v) is 2.57. The van der Waals surface area contributed by atoms with Gasteiger partial charge in [0.1, 0.15) is 11.4 Å². The Labute approximate surface area is 120 Å². The van der Waals surface area contributed by atoms with E-state index < -0.39 is 4.92 Å². The monoisotopic (exact) mass is 326 g/mol. The Balaban J connectivity index is 3.11. The summed E-state index contributed by atoms with van der Waals surface area (Å²) in [7, 11) is 0. The van der Waals surface area contributed by atoms with E-state index in [0.717, 1.165) is 4.48 Å². The van der Waals surface area contributed by atoms with Gasteiger partial charge in [0, 0.05) is 6.42 Å². The molecule has 1 aromatic carbocycles. The van der Waals surface area contributed by atoms with E-state index in [4.69, 9.17) is 10.5 Å². The molecular weight excluding hydrogens is 312 g/mol. The molecule has 0 fully saturated rings. The van der Waals surface area contributed by atoms with Crippen molar-refractivity contribution < 1.29 is 9.66 Å². The number of nitrogens with zero attached hydrogens (tertiary/aromatic N) is 1. The van der Waals surface area contributed by atoms with E-state index in [2.05, 4.69) is 15.9 Å². The third kappa shape index (κ3) is 4.40. The second-order valence-corrected chi connectivity index (χ2v) is 5.04. The average Bonchev–Trinajstić information content (AvgIpc) is 2.33. The molecule has 0 aliphatic carbocycles. The first-order chi connectivity index (χ1) is 8.95. The molecule has 0 saturated carbocycles. The molecule has 0 bridgehead atoms. The summed E-state index contributed by atoms with van der Waals surface area (Å²) in [6, 6.07) is 4.63. The maximum Gasteiger partial charge on any atom is 0.334 e. The Morgan fingerprint density at radius 3 is 2.74 bits per heavy atom. The number of nitrogen functional groups attached to an aromatic ring is 1. The predicted octanol–water partition coefficient (Wildman–Crippen LogP) is 4.15. The fourth-order valence-electron chi connectivity index (χ4n) is 1.39. The minimum absolute atomic E-state index is 0.0881. The summed E-state index contributed by atoms with van der Waals surface area (Å²) < 4.78 is 6.50. The summed E-state index contributed by atoms with van der Waals surface area (Å²) in [6.45, 7) is 3.79. The highest BCUT2D eigenvalue weighted by Crippen LogP contribution is 2.34. The SMILES string of the molecule is CC/C(=C\C=C(/C)Br)Oc1cccc(N)c1[N+](=O)[O-]. The van der Waals surface area contributed by atoms with Gasteiger partial charge < -0.3 is 10.5 Å². The van der Waals surface area contributed by atoms with E-state index in [1.165, 1.54) is 12.1 Å². The molecule has 0 aromatic heterocycles. The summed E-state index contributed by atoms with van der Waals surface area (Å²) in [6.07, 6.45) is 4.19. The van der Waals surface area contributed by atoms with Crippen LogP contribution >= 0.6 is 15.9 Å². The first-order valence-electron chi connectivity index (χ1n) is 5.69. The Morgan fingerprint density at radius 2 is 2.21 bits per heavy atom. The van der Waals surface area contributed by atoms with Gasteiger partial charge in [-0.2, -0.15) is 0 Å². The lowest BCUT2D eigenvalue weighted by atomic mass is 10.2. The number of allylic oxidation sites excluding steroid dienone is 4. The van der Waals surface area contributed by atoms with Crippen LogP contribution in [0.15, 0.2) is 40.6 Å². The van der Waals surface area contributed by atoms with Crippen molar-refractivity contribution in [2.75, 3.05) is 5.73 Å². The number of hydrogen-bond donors (Lipinski definition) is 1. The molecule has 0 saturated heterocycles. The molecule has 1 rings (SSSR count). The fourth-order valence-corrected chi connectivity index (χ4v) is 1.52. The van der Waals surface area contributed by atoms with Crippen molar-refractivity contribution >= 4 is 27.3 Å². The van der Waals surface area contributed by atoms with Gasteiger partial charge in [-0.15, -0.1) is 0 Å². The molecule has 0 aliphatic heterocycles. The number of nitro groups is 1. The van der Waals surface area contributed by atoms with Crippen LogP contribution in [0.5, 0.6) is 5.75 Å². The van der Waals surface area contributed by atoms with Crippen molar-refractivity contribution in [1.29, 1.82) is 0 Å². The number of ether oxygens (including phenoxy) is 1. The van der Waals surface area contributed by atoms with Gasteiger partial charge in [-0.05, 0) is 35.7 Å². The van der Waals surface area contributed by atoms with Crippen LogP contribution in [0.3, 0.4) is 0 Å². The molecule has 0 radical (unpaired) electrons. The maximum atomic E-state index is 11.0. The highest BCUT2D eigenvalue weighted by atomic mass is 79.9. The molecule has 0 unspecified atom stereocenters. The molecule has 19 heavy (non-hydrogen) atoms. The number of para-hydroxylation sites is 1. The van der Waals surface area contributed by atoms with E-state index in [-0.39, 0.29) is 17.1 Å². The first kappa shape index (κ1) is 15.2. The zero-order chi connectivity index (χ0) is 14.4. The van der Waals surface area contributed by atoms with Crippen molar-refractivity contribution in [2.45, 2.75) is 20.3 Å². The second kappa shape index (κ2) is 6.94. The van der Waals surface area contributed by atoms with E-state index >= 15 is 0 Å². The van der Waals surface area contributed by atoms with Gasteiger partial charge in [-0.1, -0.05) is 28.9 Å². The lowest BCUT2D eigenvalue weighted by Crippen LogP contribution is -2.01. The van der Waals surface area contributed by atoms with Gasteiger partial charge in [-0.25, -0.2) is 0 Å². The molecule has 102 valence electrons. The number of benzene rings is 1. The molecule has 0 atom stereocenters. The highest BCUT2D eigenvalue weighted by molar-refractivity contribution is 9.11. The summed E-state index contributed by atoms with van der Waals surface area (Å²) >= 11 is 3.30. The summed E-state index contributed by atoms with van der Waals surface area (Å²) in [5.41, 5.74) is 5.48. The number of hydrogen-bond acceptors (Lipinski definition) is 4. The summed E-state index contributed by atoms with van der Waals surface area (Å²) in [5, 5.41) is 11.0. The van der Waals surface area contributed by atoms with Crippen molar-refractivity contribution in [1.82, 2.24) is 0 Å². The Morgan fingerprint density at radius 1 is 1.53 bits per heavy atom. The van der Waals surface area contributed by atoms with Crippen molar-refractivity contribution in [3.05, 3.63) is 50.7 Å². The maximum absolute atomic E-state index is 11.0. The van der Waals surface area contributed by atoms with Crippen LogP contribution in [-0.2, 0) is 0 Å². The minimum Gasteiger partial charge on any atom is -0.454 e.